The quantitative estimate of drug-likeness (QED) is 0.625. The van der Waals surface area contributed by atoms with Gasteiger partial charge in [-0.3, -0.25) is 0 Å². The Balaban J connectivity index is 0.000000948. The maximum absolute atomic E-state index is 9.70. The fraction of sp³-hybridized carbons (Fsp3) is 0.529. The Morgan fingerprint density at radius 2 is 1.96 bits per heavy atom. The van der Waals surface area contributed by atoms with Crippen molar-refractivity contribution in [3.63, 3.8) is 0 Å². The highest BCUT2D eigenvalue weighted by Gasteiger charge is 2.33. The highest BCUT2D eigenvalue weighted by molar-refractivity contribution is 5.97. The zero-order valence-corrected chi connectivity index (χ0v) is 15.2. The zero-order valence-electron chi connectivity index (χ0n) is 15.2. The van der Waals surface area contributed by atoms with E-state index < -0.39 is 5.54 Å². The van der Waals surface area contributed by atoms with E-state index in [9.17, 15) is 10.2 Å². The van der Waals surface area contributed by atoms with Crippen LogP contribution in [0.5, 0.6) is 0 Å². The summed E-state index contributed by atoms with van der Waals surface area (Å²) in [5.41, 5.74) is 6.45. The Bertz CT molecular complexity index is 895. The Labute approximate surface area is 150 Å². The van der Waals surface area contributed by atoms with Crippen LogP contribution in [0.15, 0.2) is 16.9 Å². The van der Waals surface area contributed by atoms with Gasteiger partial charge in [0.25, 0.3) is 0 Å². The Morgan fingerprint density at radius 3 is 2.58 bits per heavy atom. The molecule has 1 aliphatic carbocycles. The van der Waals surface area contributed by atoms with Gasteiger partial charge in [0.05, 0.1) is 18.6 Å². The van der Waals surface area contributed by atoms with Gasteiger partial charge in [0.15, 0.2) is 5.65 Å². The SMILES string of the molecule is CC.CC(CO)(CO)n1nc(-c2cc(C3CC3)on2)c2c(N)ncnc21. The van der Waals surface area contributed by atoms with Crippen LogP contribution in [0.2, 0.25) is 0 Å². The van der Waals surface area contributed by atoms with Gasteiger partial charge in [0.2, 0.25) is 0 Å². The van der Waals surface area contributed by atoms with Crippen LogP contribution < -0.4 is 5.73 Å². The summed E-state index contributed by atoms with van der Waals surface area (Å²) in [4.78, 5) is 8.26. The van der Waals surface area contributed by atoms with Gasteiger partial charge >= 0.3 is 0 Å². The van der Waals surface area contributed by atoms with E-state index in [1.54, 1.807) is 6.92 Å². The Hall–Kier alpha value is -2.52. The molecule has 1 aliphatic rings. The van der Waals surface area contributed by atoms with E-state index in [-0.39, 0.29) is 19.0 Å². The number of hydrogen-bond donors (Lipinski definition) is 3. The first-order chi connectivity index (χ1) is 12.6. The number of hydrogen-bond acceptors (Lipinski definition) is 8. The molecule has 0 spiro atoms. The first-order valence-corrected chi connectivity index (χ1v) is 8.76. The minimum Gasteiger partial charge on any atom is -0.394 e. The molecule has 0 amide bonds. The highest BCUT2D eigenvalue weighted by Crippen LogP contribution is 2.42. The lowest BCUT2D eigenvalue weighted by atomic mass is 10.1. The van der Waals surface area contributed by atoms with Crippen molar-refractivity contribution < 1.29 is 14.7 Å². The van der Waals surface area contributed by atoms with Crippen molar-refractivity contribution >= 4 is 16.9 Å². The van der Waals surface area contributed by atoms with Gasteiger partial charge in [0.1, 0.15) is 34.8 Å². The zero-order chi connectivity index (χ0) is 18.9. The number of aliphatic hydroxyl groups is 2. The van der Waals surface area contributed by atoms with Crippen molar-refractivity contribution in [2.24, 2.45) is 0 Å². The standard InChI is InChI=1S/C15H18N6O3.C2H6/c1-15(5-22,6-23)21-14-11(13(16)17-7-18-14)12(19-21)9-4-10(24-20-9)8-2-3-8;1-2/h4,7-8,22-23H,2-3,5-6H2,1H3,(H2,16,17,18);1-2H3. The van der Waals surface area contributed by atoms with Crippen molar-refractivity contribution in [2.45, 2.75) is 45.1 Å². The van der Waals surface area contributed by atoms with E-state index in [2.05, 4.69) is 20.2 Å². The van der Waals surface area contributed by atoms with Crippen molar-refractivity contribution in [3.8, 4) is 11.4 Å². The monoisotopic (exact) mass is 360 g/mol. The van der Waals surface area contributed by atoms with E-state index in [0.717, 1.165) is 18.6 Å². The van der Waals surface area contributed by atoms with Crippen LogP contribution >= 0.6 is 0 Å². The lowest BCUT2D eigenvalue weighted by Crippen LogP contribution is -2.39. The molecule has 3 heterocycles. The summed E-state index contributed by atoms with van der Waals surface area (Å²) < 4.78 is 6.87. The van der Waals surface area contributed by atoms with Crippen LogP contribution in [0.25, 0.3) is 22.4 Å². The van der Waals surface area contributed by atoms with Crippen LogP contribution in [-0.4, -0.2) is 48.3 Å². The molecule has 3 aromatic heterocycles. The number of rotatable bonds is 5. The van der Waals surface area contributed by atoms with Crippen molar-refractivity contribution in [3.05, 3.63) is 18.2 Å². The lowest BCUT2D eigenvalue weighted by Gasteiger charge is -2.25. The average Bonchev–Trinajstić information content (AvgIpc) is 3.27. The predicted molar refractivity (Wildman–Crippen MR) is 96.4 cm³/mol. The number of aliphatic hydroxyl groups excluding tert-OH is 2. The largest absolute Gasteiger partial charge is 0.394 e. The maximum atomic E-state index is 9.70. The summed E-state index contributed by atoms with van der Waals surface area (Å²) >= 11 is 0. The molecule has 0 saturated heterocycles. The third kappa shape index (κ3) is 2.93. The number of nitrogen functional groups attached to an aromatic ring is 1. The van der Waals surface area contributed by atoms with Crippen LogP contribution in [0.4, 0.5) is 5.82 Å². The third-order valence-corrected chi connectivity index (χ3v) is 4.44. The smallest absolute Gasteiger partial charge is 0.164 e. The van der Waals surface area contributed by atoms with Gasteiger partial charge < -0.3 is 20.5 Å². The van der Waals surface area contributed by atoms with Gasteiger partial charge in [-0.05, 0) is 19.8 Å². The van der Waals surface area contributed by atoms with Crippen LogP contribution in [0.1, 0.15) is 45.3 Å². The molecule has 1 fully saturated rings. The molecule has 26 heavy (non-hydrogen) atoms. The minimum atomic E-state index is -1.03. The molecule has 0 atom stereocenters. The molecule has 4 rings (SSSR count). The van der Waals surface area contributed by atoms with E-state index in [0.29, 0.717) is 28.3 Å². The maximum Gasteiger partial charge on any atom is 0.164 e. The molecule has 140 valence electrons. The topological polar surface area (TPSA) is 136 Å². The molecule has 9 heteroatoms. The van der Waals surface area contributed by atoms with Crippen molar-refractivity contribution in [1.82, 2.24) is 24.9 Å². The molecule has 1 saturated carbocycles. The molecule has 0 aliphatic heterocycles. The van der Waals surface area contributed by atoms with E-state index >= 15 is 0 Å². The fourth-order valence-corrected chi connectivity index (χ4v) is 2.68. The van der Waals surface area contributed by atoms with Crippen LogP contribution in [0.3, 0.4) is 0 Å². The molecule has 0 radical (unpaired) electrons. The number of fused-ring (bicyclic) bond motifs is 1. The van der Waals surface area contributed by atoms with Gasteiger partial charge in [-0.25, -0.2) is 14.6 Å². The summed E-state index contributed by atoms with van der Waals surface area (Å²) in [5, 5.41) is 28.6. The number of nitrogens with zero attached hydrogens (tertiary/aromatic N) is 5. The summed E-state index contributed by atoms with van der Waals surface area (Å²) in [5.74, 6) is 1.51. The first kappa shape index (κ1) is 18.3. The Kier molecular flexibility index (Phi) is 4.92. The molecule has 3 aromatic rings. The number of nitrogens with two attached hydrogens (primary N) is 1. The normalized spacial score (nSPS) is 14.3. The molecule has 0 unspecified atom stereocenters. The summed E-state index contributed by atoms with van der Waals surface area (Å²) in [6.07, 6.45) is 3.53. The van der Waals surface area contributed by atoms with Crippen LogP contribution in [0, 0.1) is 0 Å². The van der Waals surface area contributed by atoms with Gasteiger partial charge in [-0.15, -0.1) is 0 Å². The summed E-state index contributed by atoms with van der Waals surface area (Å²) in [6, 6.07) is 1.85. The molecular weight excluding hydrogens is 336 g/mol. The van der Waals surface area contributed by atoms with Crippen molar-refractivity contribution in [1.29, 1.82) is 0 Å². The van der Waals surface area contributed by atoms with E-state index in [1.165, 1.54) is 11.0 Å². The van der Waals surface area contributed by atoms with Gasteiger partial charge in [0, 0.05) is 12.0 Å². The second-order valence-corrected chi connectivity index (χ2v) is 6.42. The highest BCUT2D eigenvalue weighted by atomic mass is 16.5. The number of aromatic nitrogens is 5. The number of anilines is 1. The third-order valence-electron chi connectivity index (χ3n) is 4.44. The molecule has 0 bridgehead atoms. The van der Waals surface area contributed by atoms with Crippen molar-refractivity contribution in [2.75, 3.05) is 18.9 Å². The fourth-order valence-electron chi connectivity index (χ4n) is 2.68. The molecular formula is C17H24N6O3. The Morgan fingerprint density at radius 1 is 1.27 bits per heavy atom. The van der Waals surface area contributed by atoms with E-state index in [4.69, 9.17) is 10.3 Å². The minimum absolute atomic E-state index is 0.260. The van der Waals surface area contributed by atoms with Crippen LogP contribution in [-0.2, 0) is 5.54 Å². The average molecular weight is 360 g/mol. The first-order valence-electron chi connectivity index (χ1n) is 8.76. The summed E-state index contributed by atoms with van der Waals surface area (Å²) in [7, 11) is 0. The molecule has 9 nitrogen and oxygen atoms in total. The van der Waals surface area contributed by atoms with Gasteiger partial charge in [-0.2, -0.15) is 5.10 Å². The molecule has 4 N–H and O–H groups in total. The van der Waals surface area contributed by atoms with Gasteiger partial charge in [-0.1, -0.05) is 19.0 Å². The summed E-state index contributed by atoms with van der Waals surface area (Å²) in [6.45, 7) is 5.06. The second-order valence-electron chi connectivity index (χ2n) is 6.42. The second kappa shape index (κ2) is 7.00. The van der Waals surface area contributed by atoms with E-state index in [1.807, 2.05) is 19.9 Å². The predicted octanol–water partition coefficient (Wildman–Crippen LogP) is 1.67. The lowest BCUT2D eigenvalue weighted by molar-refractivity contribution is 0.0713. The molecule has 0 aromatic carbocycles.